The van der Waals surface area contributed by atoms with Crippen molar-refractivity contribution < 1.29 is 17.9 Å². The van der Waals surface area contributed by atoms with Crippen molar-refractivity contribution in [1.82, 2.24) is 5.32 Å². The molecule has 0 saturated carbocycles. The lowest BCUT2D eigenvalue weighted by Gasteiger charge is -2.27. The van der Waals surface area contributed by atoms with Crippen LogP contribution in [0.1, 0.15) is 28.3 Å². The number of methoxy groups -OCH3 is 1. The van der Waals surface area contributed by atoms with Crippen LogP contribution in [0, 0.1) is 13.8 Å². The number of hydrogen-bond donors (Lipinski definition) is 1. The van der Waals surface area contributed by atoms with Crippen molar-refractivity contribution in [3.05, 3.63) is 124 Å². The Labute approximate surface area is 228 Å². The van der Waals surface area contributed by atoms with Crippen LogP contribution in [0.2, 0.25) is 5.02 Å². The first-order valence-corrected chi connectivity index (χ1v) is 13.9. The number of hydrogen-bond acceptors (Lipinski definition) is 4. The number of rotatable bonds is 9. The molecule has 0 fully saturated rings. The van der Waals surface area contributed by atoms with Gasteiger partial charge in [-0.15, -0.1) is 0 Å². The Bertz CT molecular complexity index is 1520. The lowest BCUT2D eigenvalue weighted by molar-refractivity contribution is -0.120. The Kier molecular flexibility index (Phi) is 8.39. The van der Waals surface area contributed by atoms with Crippen LogP contribution in [0.15, 0.2) is 102 Å². The number of carbonyl (C=O) groups excluding carboxylic acids is 1. The van der Waals surface area contributed by atoms with Gasteiger partial charge in [-0.2, -0.15) is 0 Å². The molecular weight excluding hydrogens is 520 g/mol. The predicted octanol–water partition coefficient (Wildman–Crippen LogP) is 6.07. The molecule has 8 heteroatoms. The summed E-state index contributed by atoms with van der Waals surface area (Å²) in [6, 6.07) is 28.0. The van der Waals surface area contributed by atoms with Crippen molar-refractivity contribution in [2.24, 2.45) is 0 Å². The fourth-order valence-electron chi connectivity index (χ4n) is 4.20. The quantitative estimate of drug-likeness (QED) is 0.275. The lowest BCUT2D eigenvalue weighted by Crippen LogP contribution is -2.42. The average Bonchev–Trinajstić information content (AvgIpc) is 2.91. The maximum absolute atomic E-state index is 13.8. The molecule has 0 spiro atoms. The third-order valence-corrected chi connectivity index (χ3v) is 8.34. The van der Waals surface area contributed by atoms with E-state index in [1.807, 2.05) is 68.4 Å². The normalized spacial score (nSPS) is 12.0. The summed E-state index contributed by atoms with van der Waals surface area (Å²) in [4.78, 5) is 13.6. The fourth-order valence-corrected chi connectivity index (χ4v) is 5.86. The van der Waals surface area contributed by atoms with Gasteiger partial charge in [-0.25, -0.2) is 8.42 Å². The molecule has 196 valence electrons. The second-order valence-corrected chi connectivity index (χ2v) is 11.2. The average molecular weight is 549 g/mol. The minimum Gasteiger partial charge on any atom is -0.495 e. The smallest absolute Gasteiger partial charge is 0.264 e. The lowest BCUT2D eigenvalue weighted by atomic mass is 9.95. The molecule has 0 heterocycles. The number of amides is 1. The van der Waals surface area contributed by atoms with Gasteiger partial charge in [0.1, 0.15) is 12.3 Å². The highest BCUT2D eigenvalue weighted by atomic mass is 35.5. The fraction of sp³-hybridized carbons (Fsp3) is 0.167. The molecule has 0 radical (unpaired) electrons. The van der Waals surface area contributed by atoms with Gasteiger partial charge >= 0.3 is 0 Å². The zero-order valence-corrected chi connectivity index (χ0v) is 23.0. The van der Waals surface area contributed by atoms with E-state index >= 15 is 0 Å². The molecule has 4 aromatic rings. The van der Waals surface area contributed by atoms with Crippen LogP contribution in [-0.2, 0) is 14.8 Å². The summed E-state index contributed by atoms with van der Waals surface area (Å²) in [6.45, 7) is 3.40. The molecule has 0 aliphatic heterocycles. The molecule has 0 saturated heterocycles. The van der Waals surface area contributed by atoms with Gasteiger partial charge in [0.05, 0.1) is 28.8 Å². The van der Waals surface area contributed by atoms with Crippen LogP contribution in [0.4, 0.5) is 5.69 Å². The molecule has 0 bridgehead atoms. The van der Waals surface area contributed by atoms with Gasteiger partial charge in [-0.3, -0.25) is 9.10 Å². The predicted molar refractivity (Wildman–Crippen MR) is 151 cm³/mol. The Morgan fingerprint density at radius 1 is 0.921 bits per heavy atom. The topological polar surface area (TPSA) is 75.7 Å². The Hall–Kier alpha value is -3.81. The molecule has 0 aromatic heterocycles. The second-order valence-electron chi connectivity index (χ2n) is 8.91. The third kappa shape index (κ3) is 6.01. The van der Waals surface area contributed by atoms with E-state index in [1.54, 1.807) is 24.3 Å². The van der Waals surface area contributed by atoms with Crippen molar-refractivity contribution in [3.63, 3.8) is 0 Å². The Morgan fingerprint density at radius 3 is 2.21 bits per heavy atom. The van der Waals surface area contributed by atoms with Gasteiger partial charge in [-0.1, -0.05) is 83.9 Å². The van der Waals surface area contributed by atoms with Crippen molar-refractivity contribution >= 4 is 33.2 Å². The minimum atomic E-state index is -4.10. The SMILES string of the molecule is COc1ccc(N(CC(=O)NC(c2ccccc2)c2ccccc2C)S(=O)(=O)c2ccc(C)cc2)cc1Cl. The molecule has 1 unspecified atom stereocenters. The highest BCUT2D eigenvalue weighted by Crippen LogP contribution is 2.32. The number of nitrogens with one attached hydrogen (secondary N) is 1. The number of carbonyl (C=O) groups is 1. The van der Waals surface area contributed by atoms with Gasteiger partial charge in [-0.05, 0) is 60.9 Å². The van der Waals surface area contributed by atoms with Crippen LogP contribution in [0.5, 0.6) is 5.75 Å². The van der Waals surface area contributed by atoms with Crippen molar-refractivity contribution in [2.75, 3.05) is 18.0 Å². The van der Waals surface area contributed by atoms with E-state index in [1.165, 1.54) is 25.3 Å². The first-order valence-electron chi connectivity index (χ1n) is 12.0. The van der Waals surface area contributed by atoms with E-state index < -0.39 is 28.5 Å². The van der Waals surface area contributed by atoms with Crippen LogP contribution in [0.25, 0.3) is 0 Å². The number of aryl methyl sites for hydroxylation is 2. The molecule has 0 aliphatic rings. The highest BCUT2D eigenvalue weighted by molar-refractivity contribution is 7.92. The summed E-state index contributed by atoms with van der Waals surface area (Å²) in [5.41, 5.74) is 3.99. The van der Waals surface area contributed by atoms with Crippen LogP contribution in [0.3, 0.4) is 0 Å². The number of ether oxygens (including phenoxy) is 1. The number of halogens is 1. The summed E-state index contributed by atoms with van der Waals surface area (Å²) in [7, 11) is -2.63. The molecule has 1 N–H and O–H groups in total. The zero-order valence-electron chi connectivity index (χ0n) is 21.4. The summed E-state index contributed by atoms with van der Waals surface area (Å²) in [5, 5.41) is 3.29. The molecule has 6 nitrogen and oxygen atoms in total. The van der Waals surface area contributed by atoms with Gasteiger partial charge in [0.15, 0.2) is 0 Å². The summed E-state index contributed by atoms with van der Waals surface area (Å²) in [5.74, 6) is -0.0685. The first-order chi connectivity index (χ1) is 18.2. The van der Waals surface area contributed by atoms with Crippen LogP contribution >= 0.6 is 11.6 Å². The summed E-state index contributed by atoms with van der Waals surface area (Å²) in [6.07, 6.45) is 0. The highest BCUT2D eigenvalue weighted by Gasteiger charge is 2.29. The van der Waals surface area contributed by atoms with E-state index in [0.29, 0.717) is 5.75 Å². The summed E-state index contributed by atoms with van der Waals surface area (Å²) >= 11 is 6.34. The molecule has 1 amide bonds. The molecular formula is C30H29ClN2O4S. The number of anilines is 1. The molecule has 4 aromatic carbocycles. The Morgan fingerprint density at radius 2 is 1.58 bits per heavy atom. The third-order valence-electron chi connectivity index (χ3n) is 6.26. The van der Waals surface area contributed by atoms with E-state index in [4.69, 9.17) is 16.3 Å². The standard InChI is InChI=1S/C30H29ClN2O4S/c1-21-13-16-25(17-14-21)38(35,36)33(24-15-18-28(37-3)27(31)19-24)20-29(34)32-30(23-10-5-4-6-11-23)26-12-8-7-9-22(26)2/h4-19,30H,20H2,1-3H3,(H,32,34). The van der Waals surface area contributed by atoms with Crippen molar-refractivity contribution in [3.8, 4) is 5.75 Å². The molecule has 4 rings (SSSR count). The molecule has 1 atom stereocenters. The first kappa shape index (κ1) is 27.2. The maximum atomic E-state index is 13.8. The van der Waals surface area contributed by atoms with E-state index in [2.05, 4.69) is 5.32 Å². The monoisotopic (exact) mass is 548 g/mol. The number of nitrogens with zero attached hydrogens (tertiary/aromatic N) is 1. The van der Waals surface area contributed by atoms with Gasteiger partial charge < -0.3 is 10.1 Å². The zero-order chi connectivity index (χ0) is 27.3. The maximum Gasteiger partial charge on any atom is 0.264 e. The van der Waals surface area contributed by atoms with Crippen LogP contribution < -0.4 is 14.4 Å². The van der Waals surface area contributed by atoms with E-state index in [9.17, 15) is 13.2 Å². The van der Waals surface area contributed by atoms with Crippen LogP contribution in [-0.4, -0.2) is 28.0 Å². The van der Waals surface area contributed by atoms with E-state index in [-0.39, 0.29) is 15.6 Å². The van der Waals surface area contributed by atoms with Gasteiger partial charge in [0, 0.05) is 0 Å². The number of sulfonamides is 1. The van der Waals surface area contributed by atoms with Gasteiger partial charge in [0.25, 0.3) is 10.0 Å². The van der Waals surface area contributed by atoms with Crippen molar-refractivity contribution in [1.29, 1.82) is 0 Å². The Balaban J connectivity index is 1.72. The van der Waals surface area contributed by atoms with Crippen molar-refractivity contribution in [2.45, 2.75) is 24.8 Å². The number of benzene rings is 4. The van der Waals surface area contributed by atoms with Gasteiger partial charge in [0.2, 0.25) is 5.91 Å². The second kappa shape index (κ2) is 11.7. The largest absolute Gasteiger partial charge is 0.495 e. The molecule has 0 aliphatic carbocycles. The minimum absolute atomic E-state index is 0.0707. The molecule has 38 heavy (non-hydrogen) atoms. The summed E-state index contributed by atoms with van der Waals surface area (Å²) < 4.78 is 33.9. The van der Waals surface area contributed by atoms with E-state index in [0.717, 1.165) is 26.6 Å².